The van der Waals surface area contributed by atoms with Crippen LogP contribution in [0.15, 0.2) is 24.3 Å². The minimum absolute atomic E-state index is 0.0140. The van der Waals surface area contributed by atoms with Gasteiger partial charge >= 0.3 is 0 Å². The number of aromatic hydroxyl groups is 1. The van der Waals surface area contributed by atoms with Gasteiger partial charge in [0.05, 0.1) is 17.7 Å². The zero-order chi connectivity index (χ0) is 24.1. The molecular formula is C27H37N3O3S. The van der Waals surface area contributed by atoms with E-state index in [0.717, 1.165) is 47.1 Å². The summed E-state index contributed by atoms with van der Waals surface area (Å²) < 4.78 is 4.41. The van der Waals surface area contributed by atoms with Crippen LogP contribution >= 0.6 is 11.5 Å². The highest BCUT2D eigenvalue weighted by Crippen LogP contribution is 2.53. The Morgan fingerprint density at radius 1 is 1.15 bits per heavy atom. The Labute approximate surface area is 206 Å². The molecule has 3 aliphatic rings. The third-order valence-electron chi connectivity index (χ3n) is 8.75. The van der Waals surface area contributed by atoms with E-state index in [9.17, 15) is 15.0 Å². The van der Waals surface area contributed by atoms with Crippen molar-refractivity contribution in [2.45, 2.75) is 76.4 Å². The minimum atomic E-state index is -0.981. The lowest BCUT2D eigenvalue weighted by atomic mass is 9.57. The van der Waals surface area contributed by atoms with Gasteiger partial charge in [0.25, 0.3) is 0 Å². The lowest BCUT2D eigenvalue weighted by molar-refractivity contribution is -0.137. The first-order chi connectivity index (χ1) is 16.2. The molecular weight excluding hydrogens is 446 g/mol. The first-order valence-electron chi connectivity index (χ1n) is 12.7. The summed E-state index contributed by atoms with van der Waals surface area (Å²) in [4.78, 5) is 18.8. The van der Waals surface area contributed by atoms with E-state index in [1.54, 1.807) is 6.07 Å². The first-order valence-corrected chi connectivity index (χ1v) is 13.5. The smallest absolute Gasteiger partial charge is 0.228 e. The number of likely N-dealkylation sites (tertiary alicyclic amines) is 2. The topological polar surface area (TPSA) is 76.9 Å². The molecule has 6 nitrogen and oxygen atoms in total. The van der Waals surface area contributed by atoms with Crippen LogP contribution in [0.3, 0.4) is 0 Å². The molecule has 1 saturated carbocycles. The fourth-order valence-corrected chi connectivity index (χ4v) is 7.07. The third kappa shape index (κ3) is 4.16. The molecule has 2 aromatic rings. The molecule has 1 aliphatic carbocycles. The van der Waals surface area contributed by atoms with Crippen LogP contribution < -0.4 is 0 Å². The van der Waals surface area contributed by atoms with Crippen LogP contribution in [0.1, 0.15) is 60.7 Å². The average Bonchev–Trinajstić information content (AvgIpc) is 3.56. The highest BCUT2D eigenvalue weighted by Gasteiger charge is 2.59. The fraction of sp³-hybridized carbons (Fsp3) is 0.630. The summed E-state index contributed by atoms with van der Waals surface area (Å²) in [6.07, 6.45) is 4.94. The zero-order valence-electron chi connectivity index (χ0n) is 20.6. The molecule has 0 radical (unpaired) electrons. The van der Waals surface area contributed by atoms with Crippen LogP contribution in [0.2, 0.25) is 0 Å². The van der Waals surface area contributed by atoms with Crippen molar-refractivity contribution in [3.63, 3.8) is 0 Å². The van der Waals surface area contributed by atoms with Gasteiger partial charge in [0.1, 0.15) is 5.75 Å². The standard InChI is InChI=1S/C27H37N3O3S/c1-18-4-7-23(31)16-24(18)26-8-11-29(25(32)15-22-14-19(2)34-28-22)13-10-27(26,33)20(3)30(12-9-26)17-21-5-6-21/h4,7,14,16,20-21,31,33H,5-6,8-13,15,17H2,1-3H3. The van der Waals surface area contributed by atoms with E-state index in [4.69, 9.17) is 0 Å². The maximum atomic E-state index is 13.3. The molecule has 3 heterocycles. The summed E-state index contributed by atoms with van der Waals surface area (Å²) in [7, 11) is 0. The molecule has 2 saturated heterocycles. The largest absolute Gasteiger partial charge is 0.508 e. The molecule has 184 valence electrons. The normalized spacial score (nSPS) is 30.1. The average molecular weight is 484 g/mol. The molecule has 34 heavy (non-hydrogen) atoms. The molecule has 3 fully saturated rings. The van der Waals surface area contributed by atoms with Crippen LogP contribution in [0.4, 0.5) is 0 Å². The van der Waals surface area contributed by atoms with Crippen LogP contribution in [-0.2, 0) is 16.6 Å². The molecule has 0 bridgehead atoms. The molecule has 2 aliphatic heterocycles. The van der Waals surface area contributed by atoms with E-state index in [1.165, 1.54) is 24.4 Å². The van der Waals surface area contributed by atoms with Crippen molar-refractivity contribution in [2.75, 3.05) is 26.2 Å². The molecule has 7 heteroatoms. The summed E-state index contributed by atoms with van der Waals surface area (Å²) in [5, 5.41) is 23.0. The number of piperidine rings is 1. The van der Waals surface area contributed by atoms with E-state index in [0.29, 0.717) is 32.4 Å². The Balaban J connectivity index is 1.48. The van der Waals surface area contributed by atoms with Crippen LogP contribution in [-0.4, -0.2) is 68.1 Å². The highest BCUT2D eigenvalue weighted by molar-refractivity contribution is 7.05. The third-order valence-corrected chi connectivity index (χ3v) is 9.48. The number of amides is 1. The molecule has 3 unspecified atom stereocenters. The van der Waals surface area contributed by atoms with E-state index >= 15 is 0 Å². The van der Waals surface area contributed by atoms with Gasteiger partial charge in [-0.1, -0.05) is 6.07 Å². The van der Waals surface area contributed by atoms with Crippen molar-refractivity contribution in [1.29, 1.82) is 0 Å². The number of hydrogen-bond donors (Lipinski definition) is 2. The number of nitrogens with zero attached hydrogens (tertiary/aromatic N) is 3. The molecule has 2 N–H and O–H groups in total. The SMILES string of the molecule is Cc1cc(CC(=O)N2CCC3(c4cc(O)ccc4C)CCN(CC4CC4)C(C)C3(O)CC2)ns1. The van der Waals surface area contributed by atoms with Gasteiger partial charge in [-0.3, -0.25) is 9.69 Å². The Morgan fingerprint density at radius 2 is 1.88 bits per heavy atom. The van der Waals surface area contributed by atoms with Gasteiger partial charge < -0.3 is 15.1 Å². The predicted molar refractivity (Wildman–Crippen MR) is 134 cm³/mol. The van der Waals surface area contributed by atoms with Gasteiger partial charge in [-0.2, -0.15) is 4.37 Å². The molecule has 0 spiro atoms. The second-order valence-corrected chi connectivity index (χ2v) is 11.9. The number of aromatic nitrogens is 1. The van der Waals surface area contributed by atoms with Gasteiger partial charge in [0, 0.05) is 36.0 Å². The number of rotatable bonds is 5. The van der Waals surface area contributed by atoms with E-state index in [1.807, 2.05) is 30.0 Å². The van der Waals surface area contributed by atoms with Gasteiger partial charge in [0.2, 0.25) is 5.91 Å². The number of phenols is 1. The van der Waals surface area contributed by atoms with Crippen LogP contribution in [0.5, 0.6) is 5.75 Å². The number of phenolic OH excluding ortho intramolecular Hbond substituents is 1. The Bertz CT molecular complexity index is 1070. The molecule has 1 aromatic carbocycles. The number of carbonyl (C=O) groups excluding carboxylic acids is 1. The second kappa shape index (κ2) is 8.92. The molecule has 1 aromatic heterocycles. The van der Waals surface area contributed by atoms with Crippen molar-refractivity contribution in [1.82, 2.24) is 14.2 Å². The summed E-state index contributed by atoms with van der Waals surface area (Å²) >= 11 is 1.43. The monoisotopic (exact) mass is 483 g/mol. The lowest BCUT2D eigenvalue weighted by Crippen LogP contribution is -2.68. The van der Waals surface area contributed by atoms with E-state index in [2.05, 4.69) is 23.1 Å². The number of aryl methyl sites for hydroxylation is 2. The van der Waals surface area contributed by atoms with Gasteiger partial charge in [-0.15, -0.1) is 0 Å². The number of aliphatic hydroxyl groups is 1. The van der Waals surface area contributed by atoms with Crippen molar-refractivity contribution in [3.8, 4) is 5.75 Å². The number of fused-ring (bicyclic) bond motifs is 1. The number of hydrogen-bond acceptors (Lipinski definition) is 6. The molecule has 1 amide bonds. The Hall–Kier alpha value is -1.96. The predicted octanol–water partition coefficient (Wildman–Crippen LogP) is 3.80. The van der Waals surface area contributed by atoms with Crippen molar-refractivity contribution in [2.24, 2.45) is 5.92 Å². The maximum absolute atomic E-state index is 13.3. The Kier molecular flexibility index (Phi) is 6.23. The van der Waals surface area contributed by atoms with Crippen molar-refractivity contribution in [3.05, 3.63) is 46.0 Å². The van der Waals surface area contributed by atoms with Gasteiger partial charge in [0.15, 0.2) is 0 Å². The summed E-state index contributed by atoms with van der Waals surface area (Å²) in [5.74, 6) is 1.07. The van der Waals surface area contributed by atoms with Crippen LogP contribution in [0.25, 0.3) is 0 Å². The highest BCUT2D eigenvalue weighted by atomic mass is 32.1. The first kappa shape index (κ1) is 23.8. The van der Waals surface area contributed by atoms with Gasteiger partial charge in [-0.05, 0) is 106 Å². The Morgan fingerprint density at radius 3 is 2.59 bits per heavy atom. The maximum Gasteiger partial charge on any atom is 0.228 e. The molecule has 3 atom stereocenters. The van der Waals surface area contributed by atoms with E-state index < -0.39 is 11.0 Å². The number of benzene rings is 1. The second-order valence-electron chi connectivity index (χ2n) is 10.9. The quantitative estimate of drug-likeness (QED) is 0.676. The van der Waals surface area contributed by atoms with Crippen molar-refractivity contribution < 1.29 is 15.0 Å². The van der Waals surface area contributed by atoms with Crippen LogP contribution in [0, 0.1) is 19.8 Å². The summed E-state index contributed by atoms with van der Waals surface area (Å²) in [5.41, 5.74) is 1.48. The fourth-order valence-electron chi connectivity index (χ4n) is 6.51. The molecule has 5 rings (SSSR count). The van der Waals surface area contributed by atoms with Crippen molar-refractivity contribution >= 4 is 17.4 Å². The summed E-state index contributed by atoms with van der Waals surface area (Å²) in [6.45, 7) is 9.38. The lowest BCUT2D eigenvalue weighted by Gasteiger charge is -2.57. The van der Waals surface area contributed by atoms with Gasteiger partial charge in [-0.25, -0.2) is 0 Å². The zero-order valence-corrected chi connectivity index (χ0v) is 21.4. The van der Waals surface area contributed by atoms with E-state index in [-0.39, 0.29) is 17.7 Å². The minimum Gasteiger partial charge on any atom is -0.508 e. The summed E-state index contributed by atoms with van der Waals surface area (Å²) in [6, 6.07) is 7.52. The number of carbonyl (C=O) groups is 1.